The van der Waals surface area contributed by atoms with Crippen LogP contribution in [0, 0.1) is 0 Å². The molecule has 4 aromatic rings. The highest BCUT2D eigenvalue weighted by Crippen LogP contribution is 2.31. The molecule has 4 N–H and O–H groups in total. The third-order valence-corrected chi connectivity index (χ3v) is 3.67. The first-order chi connectivity index (χ1) is 10.3. The number of aromatic amines is 1. The Morgan fingerprint density at radius 1 is 0.905 bits per heavy atom. The van der Waals surface area contributed by atoms with Crippen molar-refractivity contribution in [2.75, 3.05) is 11.1 Å². The summed E-state index contributed by atoms with van der Waals surface area (Å²) < 4.78 is 0. The van der Waals surface area contributed by atoms with Gasteiger partial charge in [0.15, 0.2) is 0 Å². The number of nitrogen functional groups attached to an aromatic ring is 1. The number of anilines is 3. The van der Waals surface area contributed by atoms with Crippen LogP contribution in [0.5, 0.6) is 0 Å². The van der Waals surface area contributed by atoms with Gasteiger partial charge in [-0.3, -0.25) is 5.10 Å². The highest BCUT2D eigenvalue weighted by molar-refractivity contribution is 5.98. The van der Waals surface area contributed by atoms with E-state index < -0.39 is 0 Å². The van der Waals surface area contributed by atoms with Crippen LogP contribution in [0.15, 0.2) is 60.8 Å². The second-order valence-electron chi connectivity index (χ2n) is 5.05. The number of nitrogens with one attached hydrogen (secondary N) is 2. The Labute approximate surface area is 121 Å². The minimum atomic E-state index is 0.705. The molecule has 0 aliphatic rings. The largest absolute Gasteiger partial charge is 0.397 e. The smallest absolute Gasteiger partial charge is 0.0672 e. The first-order valence-electron chi connectivity index (χ1n) is 6.79. The fourth-order valence-electron chi connectivity index (χ4n) is 2.60. The van der Waals surface area contributed by atoms with Crippen LogP contribution < -0.4 is 11.1 Å². The van der Waals surface area contributed by atoms with Crippen molar-refractivity contribution in [3.63, 3.8) is 0 Å². The van der Waals surface area contributed by atoms with Crippen LogP contribution in [0.1, 0.15) is 0 Å². The molecule has 3 aromatic carbocycles. The van der Waals surface area contributed by atoms with Gasteiger partial charge >= 0.3 is 0 Å². The molecule has 1 heterocycles. The van der Waals surface area contributed by atoms with E-state index >= 15 is 0 Å². The fraction of sp³-hybridized carbons (Fsp3) is 0. The molecule has 0 aliphatic carbocycles. The van der Waals surface area contributed by atoms with Crippen molar-refractivity contribution < 1.29 is 0 Å². The summed E-state index contributed by atoms with van der Waals surface area (Å²) in [6.07, 6.45) is 1.77. The van der Waals surface area contributed by atoms with Gasteiger partial charge in [-0.05, 0) is 23.6 Å². The van der Waals surface area contributed by atoms with Gasteiger partial charge < -0.3 is 11.1 Å². The van der Waals surface area contributed by atoms with Gasteiger partial charge in [0.05, 0.1) is 23.1 Å². The van der Waals surface area contributed by atoms with E-state index in [-0.39, 0.29) is 0 Å². The Morgan fingerprint density at radius 3 is 2.71 bits per heavy atom. The number of H-pyrrole nitrogens is 1. The Balaban J connectivity index is 1.84. The number of fused-ring (bicyclic) bond motifs is 2. The van der Waals surface area contributed by atoms with Crippen LogP contribution in [-0.2, 0) is 0 Å². The zero-order valence-electron chi connectivity index (χ0n) is 11.3. The first kappa shape index (κ1) is 11.8. The highest BCUT2D eigenvalue weighted by Gasteiger charge is 2.06. The molecule has 4 heteroatoms. The topological polar surface area (TPSA) is 66.7 Å². The summed E-state index contributed by atoms with van der Waals surface area (Å²) in [5, 5.41) is 13.8. The highest BCUT2D eigenvalue weighted by atomic mass is 15.1. The van der Waals surface area contributed by atoms with E-state index in [2.05, 4.69) is 39.8 Å². The maximum Gasteiger partial charge on any atom is 0.0672 e. The van der Waals surface area contributed by atoms with E-state index in [1.54, 1.807) is 6.20 Å². The molecule has 0 saturated carbocycles. The second kappa shape index (κ2) is 4.52. The quantitative estimate of drug-likeness (QED) is 0.483. The predicted octanol–water partition coefficient (Wildman–Crippen LogP) is 4.04. The molecule has 0 aliphatic heterocycles. The second-order valence-corrected chi connectivity index (χ2v) is 5.05. The summed E-state index contributed by atoms with van der Waals surface area (Å²) in [5.41, 5.74) is 9.72. The molecule has 0 spiro atoms. The van der Waals surface area contributed by atoms with Crippen LogP contribution in [-0.4, -0.2) is 10.2 Å². The van der Waals surface area contributed by atoms with Gasteiger partial charge in [0.25, 0.3) is 0 Å². The van der Waals surface area contributed by atoms with Gasteiger partial charge in [0.2, 0.25) is 0 Å². The summed E-state index contributed by atoms with van der Waals surface area (Å²) in [6, 6.07) is 18.4. The molecule has 4 nitrogen and oxygen atoms in total. The lowest BCUT2D eigenvalue weighted by atomic mass is 10.1. The van der Waals surface area contributed by atoms with E-state index in [0.717, 1.165) is 22.3 Å². The minimum absolute atomic E-state index is 0.705. The molecule has 102 valence electrons. The predicted molar refractivity (Wildman–Crippen MR) is 87.7 cm³/mol. The zero-order valence-corrected chi connectivity index (χ0v) is 11.3. The summed E-state index contributed by atoms with van der Waals surface area (Å²) in [7, 11) is 0. The van der Waals surface area contributed by atoms with E-state index in [9.17, 15) is 0 Å². The summed E-state index contributed by atoms with van der Waals surface area (Å²) in [4.78, 5) is 0. The van der Waals surface area contributed by atoms with Crippen LogP contribution >= 0.6 is 0 Å². The lowest BCUT2D eigenvalue weighted by Gasteiger charge is -2.12. The summed E-state index contributed by atoms with van der Waals surface area (Å²) in [5.74, 6) is 0. The number of aromatic nitrogens is 2. The molecule has 0 unspecified atom stereocenters. The van der Waals surface area contributed by atoms with Gasteiger partial charge in [-0.15, -0.1) is 0 Å². The lowest BCUT2D eigenvalue weighted by Crippen LogP contribution is -1.97. The van der Waals surface area contributed by atoms with Crippen molar-refractivity contribution in [3.05, 3.63) is 60.8 Å². The molecule has 0 bridgehead atoms. The number of benzene rings is 3. The molecule has 0 amide bonds. The molecular formula is C17H14N4. The molecule has 1 aromatic heterocycles. The van der Waals surface area contributed by atoms with Crippen molar-refractivity contribution in [3.8, 4) is 0 Å². The van der Waals surface area contributed by atoms with Crippen LogP contribution in [0.4, 0.5) is 17.1 Å². The molecule has 0 atom stereocenters. The van der Waals surface area contributed by atoms with Gasteiger partial charge in [-0.25, -0.2) is 0 Å². The number of nitrogens with zero attached hydrogens (tertiary/aromatic N) is 1. The normalized spacial score (nSPS) is 11.0. The Kier molecular flexibility index (Phi) is 2.54. The maximum absolute atomic E-state index is 6.13. The number of hydrogen-bond donors (Lipinski definition) is 3. The van der Waals surface area contributed by atoms with E-state index in [1.165, 1.54) is 10.8 Å². The van der Waals surface area contributed by atoms with Crippen molar-refractivity contribution in [2.24, 2.45) is 0 Å². The van der Waals surface area contributed by atoms with Crippen LogP contribution in [0.2, 0.25) is 0 Å². The van der Waals surface area contributed by atoms with Gasteiger partial charge in [-0.2, -0.15) is 5.10 Å². The molecule has 21 heavy (non-hydrogen) atoms. The van der Waals surface area contributed by atoms with Gasteiger partial charge in [0.1, 0.15) is 0 Å². The Bertz CT molecular complexity index is 934. The molecule has 0 saturated heterocycles. The van der Waals surface area contributed by atoms with Gasteiger partial charge in [-0.1, -0.05) is 36.4 Å². The van der Waals surface area contributed by atoms with Crippen molar-refractivity contribution in [1.82, 2.24) is 10.2 Å². The third kappa shape index (κ3) is 1.97. The number of hydrogen-bond acceptors (Lipinski definition) is 3. The van der Waals surface area contributed by atoms with E-state index in [1.807, 2.05) is 30.3 Å². The van der Waals surface area contributed by atoms with Crippen LogP contribution in [0.3, 0.4) is 0 Å². The van der Waals surface area contributed by atoms with E-state index in [4.69, 9.17) is 5.73 Å². The Hall–Kier alpha value is -3.01. The monoisotopic (exact) mass is 274 g/mol. The third-order valence-electron chi connectivity index (χ3n) is 3.67. The molecule has 0 radical (unpaired) electrons. The van der Waals surface area contributed by atoms with Crippen molar-refractivity contribution >= 4 is 38.7 Å². The molecule has 4 rings (SSSR count). The average Bonchev–Trinajstić information content (AvgIpc) is 2.95. The van der Waals surface area contributed by atoms with Crippen LogP contribution in [0.25, 0.3) is 21.7 Å². The summed E-state index contributed by atoms with van der Waals surface area (Å²) >= 11 is 0. The molecule has 0 fully saturated rings. The zero-order chi connectivity index (χ0) is 14.2. The SMILES string of the molecule is Nc1cc2cn[nH]c2cc1Nc1cccc2ccccc12. The first-order valence-corrected chi connectivity index (χ1v) is 6.79. The maximum atomic E-state index is 6.13. The average molecular weight is 274 g/mol. The van der Waals surface area contributed by atoms with Gasteiger partial charge in [0, 0.05) is 16.5 Å². The van der Waals surface area contributed by atoms with Crippen molar-refractivity contribution in [2.45, 2.75) is 0 Å². The fourth-order valence-corrected chi connectivity index (χ4v) is 2.60. The number of rotatable bonds is 2. The molecular weight excluding hydrogens is 260 g/mol. The lowest BCUT2D eigenvalue weighted by molar-refractivity contribution is 1.12. The summed E-state index contributed by atoms with van der Waals surface area (Å²) in [6.45, 7) is 0. The minimum Gasteiger partial charge on any atom is -0.397 e. The standard InChI is InChI=1S/C17H14N4/c18-14-8-12-10-19-21-16(12)9-17(14)20-15-7-3-5-11-4-1-2-6-13(11)15/h1-10,20H,18H2,(H,19,21). The Morgan fingerprint density at radius 2 is 1.76 bits per heavy atom. The van der Waals surface area contributed by atoms with E-state index in [0.29, 0.717) is 5.69 Å². The number of nitrogens with two attached hydrogens (primary N) is 1. The van der Waals surface area contributed by atoms with Crippen molar-refractivity contribution in [1.29, 1.82) is 0 Å².